The van der Waals surface area contributed by atoms with Gasteiger partial charge in [0.05, 0.1) is 29.5 Å². The average Bonchev–Trinajstić information content (AvgIpc) is 3.35. The van der Waals surface area contributed by atoms with Crippen molar-refractivity contribution in [2.24, 2.45) is 5.92 Å². The number of rotatable bonds is 5. The van der Waals surface area contributed by atoms with Crippen LogP contribution in [-0.2, 0) is 16.6 Å². The maximum Gasteiger partial charge on any atom is 0.246 e. The summed E-state index contributed by atoms with van der Waals surface area (Å²) in [5.41, 5.74) is 1.26. The van der Waals surface area contributed by atoms with Gasteiger partial charge in [-0.3, -0.25) is 9.69 Å². The predicted octanol–water partition coefficient (Wildman–Crippen LogP) is 2.45. The third-order valence-electron chi connectivity index (χ3n) is 10.0. The maximum absolute atomic E-state index is 13.2. The molecule has 5 aliphatic carbocycles. The van der Waals surface area contributed by atoms with Gasteiger partial charge in [0.2, 0.25) is 5.91 Å². The van der Waals surface area contributed by atoms with Crippen LogP contribution in [0.5, 0.6) is 11.5 Å². The maximum atomic E-state index is 13.2. The summed E-state index contributed by atoms with van der Waals surface area (Å²) in [7, 11) is 1.83. The van der Waals surface area contributed by atoms with Gasteiger partial charge in [-0.15, -0.1) is 0 Å². The van der Waals surface area contributed by atoms with Gasteiger partial charge in [-0.05, 0) is 61.8 Å². The third kappa shape index (κ3) is 1.92. The van der Waals surface area contributed by atoms with E-state index in [0.717, 1.165) is 36.4 Å². The lowest BCUT2D eigenvalue weighted by atomic mass is 9.28. The van der Waals surface area contributed by atoms with Gasteiger partial charge in [0, 0.05) is 36.8 Å². The molecule has 5 fully saturated rings. The second-order valence-electron chi connectivity index (χ2n) is 11.4. The number of ether oxygens (including phenoxy) is 1. The first kappa shape index (κ1) is 19.5. The van der Waals surface area contributed by atoms with Crippen molar-refractivity contribution >= 4 is 12.0 Å². The van der Waals surface area contributed by atoms with Crippen molar-refractivity contribution in [2.75, 3.05) is 13.6 Å². The zero-order valence-electron chi connectivity index (χ0n) is 19.1. The summed E-state index contributed by atoms with van der Waals surface area (Å²) in [4.78, 5) is 17.6. The van der Waals surface area contributed by atoms with Gasteiger partial charge >= 0.3 is 0 Å². The Balaban J connectivity index is 1.22. The molecule has 2 N–H and O–H groups in total. The number of nitrogens with zero attached hydrogens (tertiary/aromatic N) is 2. The lowest BCUT2D eigenvalue weighted by molar-refractivity contribution is -0.403. The first-order valence-corrected chi connectivity index (χ1v) is 12.4. The fourth-order valence-electron chi connectivity index (χ4n) is 8.49. The molecule has 2 aliphatic heterocycles. The first-order chi connectivity index (χ1) is 16.4. The lowest BCUT2D eigenvalue weighted by Gasteiger charge is -2.87. The van der Waals surface area contributed by atoms with E-state index in [1.165, 1.54) is 18.4 Å². The molecule has 1 saturated heterocycles. The molecule has 7 heteroatoms. The Bertz CT molecular complexity index is 1270. The van der Waals surface area contributed by atoms with Gasteiger partial charge in [0.15, 0.2) is 11.5 Å². The van der Waals surface area contributed by atoms with Crippen molar-refractivity contribution in [1.29, 1.82) is 0 Å². The molecule has 7 aliphatic rings. The Morgan fingerprint density at radius 2 is 2.18 bits per heavy atom. The molecule has 176 valence electrons. The van der Waals surface area contributed by atoms with E-state index in [4.69, 9.17) is 9.15 Å². The van der Waals surface area contributed by atoms with Gasteiger partial charge in [0.25, 0.3) is 0 Å². The van der Waals surface area contributed by atoms with Crippen molar-refractivity contribution in [3.05, 3.63) is 53.5 Å². The number of hydrogen-bond donors (Lipinski definition) is 2. The first-order valence-electron chi connectivity index (χ1n) is 12.4. The molecule has 0 unspecified atom stereocenters. The SMILES string of the molecule is CN(C(=O)/C=C/c1ccoc1)[C@@H]1C[C@@]23C[C@]45c6c(ccc(O)c6O[C@@H]14)C[C@@H](N2CC1CC1)[C@]35O. The van der Waals surface area contributed by atoms with E-state index in [1.807, 2.05) is 19.2 Å². The minimum atomic E-state index is -0.862. The van der Waals surface area contributed by atoms with Gasteiger partial charge in [0.1, 0.15) is 11.7 Å². The number of aromatic hydroxyl groups is 1. The van der Waals surface area contributed by atoms with Crippen molar-refractivity contribution < 1.29 is 24.2 Å². The average molecular weight is 461 g/mol. The quantitative estimate of drug-likeness (QED) is 0.667. The fourth-order valence-corrected chi connectivity index (χ4v) is 8.49. The molecular formula is C27H28N2O5. The molecule has 7 nitrogen and oxygen atoms in total. The molecule has 9 rings (SSSR count). The standard InChI is InChI=1S/C27H28N2O5/c1-28(21(31)7-4-16-8-9-33-13-16)18-11-25-14-26-22-17(5-6-19(30)23(22)34-24(18)26)10-20(27(25,26)32)29(25)12-15-2-3-15/h4-9,13,15,18,20,24,30,32H,2-3,10-12,14H2,1H3/b7-4+/t18-,20-,24+,25+,26+,27+/m1/s1. The highest BCUT2D eigenvalue weighted by Gasteiger charge is 2.94. The van der Waals surface area contributed by atoms with Crippen LogP contribution in [0.15, 0.2) is 41.2 Å². The highest BCUT2D eigenvalue weighted by Crippen LogP contribution is 2.81. The van der Waals surface area contributed by atoms with E-state index in [9.17, 15) is 15.0 Å². The van der Waals surface area contributed by atoms with Crippen LogP contribution in [0.2, 0.25) is 0 Å². The highest BCUT2D eigenvalue weighted by atomic mass is 16.5. The van der Waals surface area contributed by atoms with E-state index in [0.29, 0.717) is 12.2 Å². The summed E-state index contributed by atoms with van der Waals surface area (Å²) in [6.45, 7) is 1.03. The van der Waals surface area contributed by atoms with Gasteiger partial charge in [-0.25, -0.2) is 0 Å². The summed E-state index contributed by atoms with van der Waals surface area (Å²) in [5, 5.41) is 23.1. The van der Waals surface area contributed by atoms with E-state index in [1.54, 1.807) is 35.6 Å². The Hall–Kier alpha value is -2.77. The van der Waals surface area contributed by atoms with E-state index >= 15 is 0 Å². The molecule has 2 aromatic rings. The number of benzene rings is 1. The summed E-state index contributed by atoms with van der Waals surface area (Å²) < 4.78 is 11.6. The molecule has 34 heavy (non-hydrogen) atoms. The van der Waals surface area contributed by atoms with Gasteiger partial charge < -0.3 is 24.3 Å². The van der Waals surface area contributed by atoms with Crippen molar-refractivity contribution in [3.63, 3.8) is 0 Å². The zero-order chi connectivity index (χ0) is 23.0. The normalized spacial score (nSPS) is 40.4. The largest absolute Gasteiger partial charge is 0.504 e. The van der Waals surface area contributed by atoms with Crippen LogP contribution in [0, 0.1) is 5.92 Å². The Morgan fingerprint density at radius 1 is 1.32 bits per heavy atom. The molecule has 0 radical (unpaired) electrons. The number of hydrogen-bond acceptors (Lipinski definition) is 6. The van der Waals surface area contributed by atoms with Crippen LogP contribution in [0.3, 0.4) is 0 Å². The molecule has 3 heterocycles. The topological polar surface area (TPSA) is 86.4 Å². The minimum Gasteiger partial charge on any atom is -0.504 e. The highest BCUT2D eigenvalue weighted by molar-refractivity contribution is 5.92. The molecule has 1 aromatic carbocycles. The number of likely N-dealkylation sites (tertiary alicyclic amines) is 1. The predicted molar refractivity (Wildman–Crippen MR) is 122 cm³/mol. The van der Waals surface area contributed by atoms with E-state index in [-0.39, 0.29) is 35.4 Å². The zero-order valence-corrected chi connectivity index (χ0v) is 19.1. The molecule has 1 aromatic heterocycles. The van der Waals surface area contributed by atoms with Crippen molar-refractivity contribution in [2.45, 2.75) is 66.8 Å². The van der Waals surface area contributed by atoms with Gasteiger partial charge in [-0.2, -0.15) is 0 Å². The van der Waals surface area contributed by atoms with Crippen molar-refractivity contribution in [1.82, 2.24) is 9.80 Å². The number of carbonyl (C=O) groups is 1. The Morgan fingerprint density at radius 3 is 2.94 bits per heavy atom. The molecular weight excluding hydrogens is 432 g/mol. The van der Waals surface area contributed by atoms with Crippen LogP contribution >= 0.6 is 0 Å². The van der Waals surface area contributed by atoms with Crippen LogP contribution in [0.4, 0.5) is 0 Å². The van der Waals surface area contributed by atoms with E-state index < -0.39 is 11.0 Å². The molecule has 2 spiro atoms. The molecule has 4 saturated carbocycles. The van der Waals surface area contributed by atoms with E-state index in [2.05, 4.69) is 4.90 Å². The minimum absolute atomic E-state index is 0.0823. The number of fused-ring (bicyclic) bond motifs is 1. The van der Waals surface area contributed by atoms with Crippen molar-refractivity contribution in [3.8, 4) is 11.5 Å². The molecule has 6 atom stereocenters. The summed E-state index contributed by atoms with van der Waals surface area (Å²) in [6.07, 6.45) is 11.0. The fraction of sp³-hybridized carbons (Fsp3) is 0.519. The number of piperidine rings is 1. The van der Waals surface area contributed by atoms with Crippen LogP contribution in [0.1, 0.15) is 42.4 Å². The number of furan rings is 1. The number of phenolic OH excluding ortho intramolecular Hbond substituents is 1. The second-order valence-corrected chi connectivity index (χ2v) is 11.4. The molecule has 2 bridgehead atoms. The second kappa shape index (κ2) is 5.89. The number of aliphatic hydroxyl groups is 1. The Kier molecular flexibility index (Phi) is 3.38. The number of likely N-dealkylation sites (N-methyl/N-ethyl adjacent to an activating group) is 1. The van der Waals surface area contributed by atoms with Crippen LogP contribution in [-0.4, -0.2) is 68.8 Å². The summed E-state index contributed by atoms with van der Waals surface area (Å²) in [6, 6.07) is 5.42. The number of phenols is 1. The lowest BCUT2D eigenvalue weighted by Crippen LogP contribution is -3.03. The van der Waals surface area contributed by atoms with Crippen LogP contribution < -0.4 is 4.74 Å². The summed E-state index contributed by atoms with van der Waals surface area (Å²) in [5.74, 6) is 1.27. The molecule has 1 amide bonds. The smallest absolute Gasteiger partial charge is 0.246 e. The number of carbonyl (C=O) groups excluding carboxylic acids is 1. The monoisotopic (exact) mass is 460 g/mol. The number of amides is 1. The van der Waals surface area contributed by atoms with Crippen LogP contribution in [0.25, 0.3) is 6.08 Å². The third-order valence-corrected chi connectivity index (χ3v) is 10.0. The van der Waals surface area contributed by atoms with Gasteiger partial charge in [-0.1, -0.05) is 6.07 Å². The Labute approximate surface area is 197 Å². The summed E-state index contributed by atoms with van der Waals surface area (Å²) >= 11 is 0.